The molecule has 11 heteroatoms. The van der Waals surface area contributed by atoms with E-state index >= 15 is 0 Å². The van der Waals surface area contributed by atoms with Gasteiger partial charge in [-0.2, -0.15) is 18.3 Å². The maximum Gasteiger partial charge on any atom is 0.435 e. The molecule has 0 fully saturated rings. The summed E-state index contributed by atoms with van der Waals surface area (Å²) in [6, 6.07) is 3.98. The zero-order valence-corrected chi connectivity index (χ0v) is 12.1. The molecule has 0 atom stereocenters. The van der Waals surface area contributed by atoms with Gasteiger partial charge >= 0.3 is 6.18 Å². The number of aryl methyl sites for hydroxylation is 1. The Hall–Kier alpha value is -3.24. The number of hydrogen-bond donors (Lipinski definition) is 1. The van der Waals surface area contributed by atoms with Crippen molar-refractivity contribution in [2.75, 3.05) is 5.32 Å². The number of hydrogen-bond acceptors (Lipinski definition) is 6. The van der Waals surface area contributed by atoms with Crippen molar-refractivity contribution in [2.24, 2.45) is 7.05 Å². The Kier molecular flexibility index (Phi) is 3.75. The SMILES string of the molecule is Cn1cc(-c2ccc(NC(=O)c3ccon3)nn2)c(C(F)(F)F)n1. The number of aromatic nitrogens is 5. The monoisotopic (exact) mass is 338 g/mol. The molecular weight excluding hydrogens is 329 g/mol. The van der Waals surface area contributed by atoms with E-state index in [9.17, 15) is 18.0 Å². The van der Waals surface area contributed by atoms with Gasteiger partial charge in [-0.15, -0.1) is 10.2 Å². The molecule has 0 saturated heterocycles. The van der Waals surface area contributed by atoms with Crippen molar-refractivity contribution in [3.8, 4) is 11.3 Å². The Labute approximate surface area is 132 Å². The first-order valence-corrected chi connectivity index (χ1v) is 6.51. The van der Waals surface area contributed by atoms with E-state index in [1.165, 1.54) is 37.7 Å². The lowest BCUT2D eigenvalue weighted by molar-refractivity contribution is -0.141. The van der Waals surface area contributed by atoms with Crippen molar-refractivity contribution >= 4 is 11.7 Å². The van der Waals surface area contributed by atoms with Crippen LogP contribution in [0, 0.1) is 0 Å². The lowest BCUT2D eigenvalue weighted by Crippen LogP contribution is -2.13. The molecule has 0 aliphatic carbocycles. The molecule has 0 aliphatic rings. The number of carbonyl (C=O) groups excluding carboxylic acids is 1. The first-order valence-electron chi connectivity index (χ1n) is 6.51. The van der Waals surface area contributed by atoms with Gasteiger partial charge in [0.2, 0.25) is 0 Å². The quantitative estimate of drug-likeness (QED) is 0.785. The summed E-state index contributed by atoms with van der Waals surface area (Å²) in [6.45, 7) is 0. The van der Waals surface area contributed by atoms with Crippen molar-refractivity contribution < 1.29 is 22.5 Å². The fraction of sp³-hybridized carbons (Fsp3) is 0.154. The number of amides is 1. The van der Waals surface area contributed by atoms with Gasteiger partial charge in [-0.3, -0.25) is 9.48 Å². The summed E-state index contributed by atoms with van der Waals surface area (Å²) in [4.78, 5) is 11.8. The number of nitrogens with zero attached hydrogens (tertiary/aromatic N) is 5. The highest BCUT2D eigenvalue weighted by Gasteiger charge is 2.37. The van der Waals surface area contributed by atoms with Crippen LogP contribution in [0.3, 0.4) is 0 Å². The minimum atomic E-state index is -4.61. The third-order valence-corrected chi connectivity index (χ3v) is 2.95. The van der Waals surface area contributed by atoms with Gasteiger partial charge in [0, 0.05) is 19.3 Å². The molecule has 3 rings (SSSR count). The van der Waals surface area contributed by atoms with Crippen molar-refractivity contribution in [3.05, 3.63) is 42.0 Å². The molecular formula is C13H9F3N6O2. The van der Waals surface area contributed by atoms with Gasteiger partial charge in [0.1, 0.15) is 6.26 Å². The van der Waals surface area contributed by atoms with E-state index in [2.05, 4.69) is 30.3 Å². The fourth-order valence-electron chi connectivity index (χ4n) is 1.94. The lowest BCUT2D eigenvalue weighted by atomic mass is 10.1. The average Bonchev–Trinajstić information content (AvgIpc) is 3.16. The van der Waals surface area contributed by atoms with Crippen LogP contribution in [0.2, 0.25) is 0 Å². The molecule has 1 N–H and O–H groups in total. The normalized spacial score (nSPS) is 11.5. The summed E-state index contributed by atoms with van der Waals surface area (Å²) in [5.41, 5.74) is -1.24. The van der Waals surface area contributed by atoms with E-state index < -0.39 is 17.8 Å². The van der Waals surface area contributed by atoms with Crippen LogP contribution in [0.1, 0.15) is 16.2 Å². The van der Waals surface area contributed by atoms with Crippen LogP contribution >= 0.6 is 0 Å². The van der Waals surface area contributed by atoms with Gasteiger partial charge in [-0.05, 0) is 12.1 Å². The van der Waals surface area contributed by atoms with E-state index in [4.69, 9.17) is 0 Å². The molecule has 1 amide bonds. The topological polar surface area (TPSA) is 98.7 Å². The average molecular weight is 338 g/mol. The molecule has 0 spiro atoms. The lowest BCUT2D eigenvalue weighted by Gasteiger charge is -2.06. The van der Waals surface area contributed by atoms with Gasteiger partial charge < -0.3 is 9.84 Å². The Morgan fingerprint density at radius 1 is 1.25 bits per heavy atom. The summed E-state index contributed by atoms with van der Waals surface area (Å²) in [7, 11) is 1.37. The van der Waals surface area contributed by atoms with Crippen molar-refractivity contribution in [3.63, 3.8) is 0 Å². The van der Waals surface area contributed by atoms with Crippen molar-refractivity contribution in [2.45, 2.75) is 6.18 Å². The second kappa shape index (κ2) is 5.76. The molecule has 0 bridgehead atoms. The zero-order chi connectivity index (χ0) is 17.3. The van der Waals surface area contributed by atoms with Crippen molar-refractivity contribution in [1.82, 2.24) is 25.1 Å². The summed E-state index contributed by atoms with van der Waals surface area (Å²) in [5.74, 6) is -0.521. The van der Waals surface area contributed by atoms with Crippen LogP contribution in [0.25, 0.3) is 11.3 Å². The zero-order valence-electron chi connectivity index (χ0n) is 12.1. The second-order valence-corrected chi connectivity index (χ2v) is 4.71. The first-order chi connectivity index (χ1) is 11.3. The smallest absolute Gasteiger partial charge is 0.364 e. The third kappa shape index (κ3) is 3.09. The first kappa shape index (κ1) is 15.6. The van der Waals surface area contributed by atoms with Gasteiger partial charge in [0.05, 0.1) is 11.3 Å². The van der Waals surface area contributed by atoms with E-state index in [1.54, 1.807) is 0 Å². The van der Waals surface area contributed by atoms with Crippen LogP contribution in [-0.4, -0.2) is 31.0 Å². The van der Waals surface area contributed by atoms with Crippen LogP contribution in [0.15, 0.2) is 35.2 Å². The molecule has 0 aliphatic heterocycles. The summed E-state index contributed by atoms with van der Waals surface area (Å²) >= 11 is 0. The molecule has 0 aromatic carbocycles. The van der Waals surface area contributed by atoms with Crippen LogP contribution in [0.4, 0.5) is 19.0 Å². The maximum absolute atomic E-state index is 13.0. The van der Waals surface area contributed by atoms with Crippen LogP contribution in [0.5, 0.6) is 0 Å². The maximum atomic E-state index is 13.0. The number of rotatable bonds is 3. The molecule has 8 nitrogen and oxygen atoms in total. The molecule has 3 heterocycles. The summed E-state index contributed by atoms with van der Waals surface area (Å²) in [6.07, 6.45) is -2.19. The highest BCUT2D eigenvalue weighted by molar-refractivity contribution is 6.02. The number of anilines is 1. The van der Waals surface area contributed by atoms with Gasteiger partial charge in [0.15, 0.2) is 17.2 Å². The van der Waals surface area contributed by atoms with E-state index in [1.807, 2.05) is 0 Å². The highest BCUT2D eigenvalue weighted by atomic mass is 19.4. The minimum absolute atomic E-state index is 0.0186. The van der Waals surface area contributed by atoms with Gasteiger partial charge in [-0.1, -0.05) is 5.16 Å². The third-order valence-electron chi connectivity index (χ3n) is 2.95. The Balaban J connectivity index is 1.84. The predicted molar refractivity (Wildman–Crippen MR) is 73.7 cm³/mol. The van der Waals surface area contributed by atoms with Crippen molar-refractivity contribution in [1.29, 1.82) is 0 Å². The second-order valence-electron chi connectivity index (χ2n) is 4.71. The number of nitrogens with one attached hydrogen (secondary N) is 1. The van der Waals surface area contributed by atoms with E-state index in [-0.39, 0.29) is 22.8 Å². The van der Waals surface area contributed by atoms with Gasteiger partial charge in [-0.25, -0.2) is 0 Å². The highest BCUT2D eigenvalue weighted by Crippen LogP contribution is 2.35. The molecule has 0 radical (unpaired) electrons. The fourth-order valence-corrected chi connectivity index (χ4v) is 1.94. The number of halogens is 3. The molecule has 3 aromatic heterocycles. The predicted octanol–water partition coefficient (Wildman–Crippen LogP) is 2.14. The molecule has 24 heavy (non-hydrogen) atoms. The largest absolute Gasteiger partial charge is 0.435 e. The van der Waals surface area contributed by atoms with Crippen LogP contribution < -0.4 is 5.32 Å². The summed E-state index contributed by atoms with van der Waals surface area (Å²) < 4.78 is 44.5. The standard InChI is InChI=1S/C13H9F3N6O2/c1-22-6-7(11(20-22)13(14,15)16)8-2-3-10(19-18-8)17-12(23)9-4-5-24-21-9/h2-6H,1H3,(H,17,19,23). The van der Waals surface area contributed by atoms with E-state index in [0.717, 1.165) is 4.68 Å². The molecule has 0 unspecified atom stereocenters. The Morgan fingerprint density at radius 2 is 2.04 bits per heavy atom. The summed E-state index contributed by atoms with van der Waals surface area (Å²) in [5, 5.41) is 16.6. The molecule has 0 saturated carbocycles. The molecule has 124 valence electrons. The molecule has 3 aromatic rings. The van der Waals surface area contributed by atoms with E-state index in [0.29, 0.717) is 0 Å². The number of alkyl halides is 3. The Bertz CT molecular complexity index is 855. The Morgan fingerprint density at radius 3 is 2.62 bits per heavy atom. The van der Waals surface area contributed by atoms with Gasteiger partial charge in [0.25, 0.3) is 5.91 Å². The van der Waals surface area contributed by atoms with Crippen LogP contribution in [-0.2, 0) is 13.2 Å². The minimum Gasteiger partial charge on any atom is -0.364 e. The number of carbonyl (C=O) groups is 1.